The van der Waals surface area contributed by atoms with Crippen LogP contribution in [0.4, 0.5) is 0 Å². The summed E-state index contributed by atoms with van der Waals surface area (Å²) in [6, 6.07) is 32.2. The molecule has 0 unspecified atom stereocenters. The molecule has 13 nitrogen and oxygen atoms in total. The Kier molecular flexibility index (Phi) is 15.8. The molecule has 4 aromatic carbocycles. The molecule has 0 radical (unpaired) electrons. The Hall–Kier alpha value is -5.89. The van der Waals surface area contributed by atoms with Crippen LogP contribution < -0.4 is 26.6 Å². The number of rotatable bonds is 18. The number of carbonyl (C=O) groups is 5. The Morgan fingerprint density at radius 1 is 0.677 bits per heavy atom. The standard InChI is InChI=1S/C49H61N5O8/c1-32(61-47(2,3)4)42(45(58)52-40(46(59)60)28-33-20-12-8-13-21-33)53-44(57)39(51-43(56)38-29-37(31-50-38)62-48(5,6)7)30-41(55)54-49(34-22-14-9-15-23-34,35-24-16-10-17-25-35)36-26-18-11-19-27-36/h8-27,32,37-40,42,50H,28-31H2,1-7H3,(H,51,56)(H,52,58)(H,53,57)(H,54,55)(H,59,60)/t32-,37-,38+,39+,40+,42+/m1/s1. The zero-order chi connectivity index (χ0) is 45.1. The van der Waals surface area contributed by atoms with Gasteiger partial charge in [-0.1, -0.05) is 121 Å². The van der Waals surface area contributed by atoms with Gasteiger partial charge in [-0.15, -0.1) is 0 Å². The highest BCUT2D eigenvalue weighted by atomic mass is 16.5. The summed E-state index contributed by atoms with van der Waals surface area (Å²) in [5.74, 6) is -4.05. The zero-order valence-electron chi connectivity index (χ0n) is 36.6. The van der Waals surface area contributed by atoms with Gasteiger partial charge in [0.2, 0.25) is 23.6 Å². The largest absolute Gasteiger partial charge is 0.480 e. The van der Waals surface area contributed by atoms with Crippen LogP contribution in [0.3, 0.4) is 0 Å². The second kappa shape index (κ2) is 20.8. The minimum absolute atomic E-state index is 0.0176. The van der Waals surface area contributed by atoms with Gasteiger partial charge in [-0.3, -0.25) is 19.2 Å². The molecule has 0 spiro atoms. The van der Waals surface area contributed by atoms with Crippen molar-refractivity contribution in [2.24, 2.45) is 0 Å². The zero-order valence-corrected chi connectivity index (χ0v) is 36.6. The number of aliphatic carboxylic acids is 1. The van der Waals surface area contributed by atoms with Crippen molar-refractivity contribution in [2.45, 2.75) is 121 Å². The molecule has 0 saturated carbocycles. The van der Waals surface area contributed by atoms with E-state index in [1.54, 1.807) is 58.0 Å². The molecule has 1 aliphatic heterocycles. The fourth-order valence-corrected chi connectivity index (χ4v) is 7.79. The number of carboxylic acid groups (broad SMARTS) is 1. The van der Waals surface area contributed by atoms with E-state index < -0.39 is 83.0 Å². The lowest BCUT2D eigenvalue weighted by molar-refractivity contribution is -0.145. The summed E-state index contributed by atoms with van der Waals surface area (Å²) in [7, 11) is 0. The third-order valence-corrected chi connectivity index (χ3v) is 10.4. The van der Waals surface area contributed by atoms with Gasteiger partial charge in [-0.05, 0) is 77.1 Å². The van der Waals surface area contributed by atoms with E-state index in [0.717, 1.165) is 16.7 Å². The lowest BCUT2D eigenvalue weighted by Gasteiger charge is -2.37. The first-order valence-corrected chi connectivity index (χ1v) is 21.1. The summed E-state index contributed by atoms with van der Waals surface area (Å²) in [6.07, 6.45) is -1.48. The molecule has 0 aliphatic carbocycles. The van der Waals surface area contributed by atoms with Crippen LogP contribution in [0, 0.1) is 0 Å². The van der Waals surface area contributed by atoms with Gasteiger partial charge in [0.05, 0.1) is 35.9 Å². The van der Waals surface area contributed by atoms with Gasteiger partial charge >= 0.3 is 5.97 Å². The molecule has 6 atom stereocenters. The third kappa shape index (κ3) is 13.1. The third-order valence-electron chi connectivity index (χ3n) is 10.4. The van der Waals surface area contributed by atoms with Crippen molar-refractivity contribution in [2.75, 3.05) is 6.54 Å². The van der Waals surface area contributed by atoms with Crippen LogP contribution in [0.15, 0.2) is 121 Å². The van der Waals surface area contributed by atoms with Crippen molar-refractivity contribution in [3.63, 3.8) is 0 Å². The Morgan fingerprint density at radius 3 is 1.65 bits per heavy atom. The summed E-state index contributed by atoms with van der Waals surface area (Å²) >= 11 is 0. The van der Waals surface area contributed by atoms with Gasteiger partial charge in [-0.2, -0.15) is 0 Å². The van der Waals surface area contributed by atoms with E-state index in [-0.39, 0.29) is 12.5 Å². The van der Waals surface area contributed by atoms with Crippen molar-refractivity contribution in [1.82, 2.24) is 26.6 Å². The van der Waals surface area contributed by atoms with Crippen LogP contribution >= 0.6 is 0 Å². The Bertz CT molecular complexity index is 2010. The molecule has 62 heavy (non-hydrogen) atoms. The van der Waals surface area contributed by atoms with Gasteiger partial charge in [0.15, 0.2) is 0 Å². The number of benzene rings is 4. The number of amides is 4. The summed E-state index contributed by atoms with van der Waals surface area (Å²) < 4.78 is 12.3. The van der Waals surface area contributed by atoms with Crippen LogP contribution in [-0.4, -0.2) is 88.8 Å². The topological polar surface area (TPSA) is 184 Å². The Morgan fingerprint density at radius 2 is 1.18 bits per heavy atom. The maximum Gasteiger partial charge on any atom is 0.326 e. The SMILES string of the molecule is C[C@@H](OC(C)(C)C)[C@H](NC(=O)[C@H](CC(=O)NC(c1ccccc1)(c1ccccc1)c1ccccc1)NC(=O)[C@@H]1C[C@@H](OC(C)(C)C)CN1)C(=O)N[C@@H](Cc1ccccc1)C(=O)O. The Labute approximate surface area is 364 Å². The van der Waals surface area contributed by atoms with Gasteiger partial charge in [-0.25, -0.2) is 4.79 Å². The molecule has 1 aliphatic rings. The van der Waals surface area contributed by atoms with E-state index >= 15 is 0 Å². The van der Waals surface area contributed by atoms with Crippen LogP contribution in [0.2, 0.25) is 0 Å². The monoisotopic (exact) mass is 847 g/mol. The van der Waals surface area contributed by atoms with Crippen molar-refractivity contribution in [3.8, 4) is 0 Å². The lowest BCUT2D eigenvalue weighted by atomic mass is 9.77. The quantitative estimate of drug-likeness (QED) is 0.0750. The predicted octanol–water partition coefficient (Wildman–Crippen LogP) is 5.02. The molecule has 330 valence electrons. The molecule has 0 aromatic heterocycles. The molecular weight excluding hydrogens is 787 g/mol. The molecule has 4 amide bonds. The van der Waals surface area contributed by atoms with E-state index in [0.29, 0.717) is 18.5 Å². The highest BCUT2D eigenvalue weighted by molar-refractivity contribution is 5.97. The van der Waals surface area contributed by atoms with Crippen molar-refractivity contribution in [1.29, 1.82) is 0 Å². The van der Waals surface area contributed by atoms with Crippen LogP contribution in [0.25, 0.3) is 0 Å². The summed E-state index contributed by atoms with van der Waals surface area (Å²) in [5, 5.41) is 24.7. The number of carboxylic acids is 1. The van der Waals surface area contributed by atoms with E-state index in [1.165, 1.54) is 0 Å². The van der Waals surface area contributed by atoms with Gasteiger partial charge in [0.25, 0.3) is 0 Å². The molecular formula is C49H61N5O8. The predicted molar refractivity (Wildman–Crippen MR) is 237 cm³/mol. The first kappa shape index (κ1) is 47.2. The minimum Gasteiger partial charge on any atom is -0.480 e. The van der Waals surface area contributed by atoms with Gasteiger partial charge < -0.3 is 41.2 Å². The van der Waals surface area contributed by atoms with Crippen molar-refractivity contribution < 1.29 is 38.6 Å². The van der Waals surface area contributed by atoms with E-state index in [2.05, 4.69) is 26.6 Å². The highest BCUT2D eigenvalue weighted by Crippen LogP contribution is 2.37. The van der Waals surface area contributed by atoms with E-state index in [9.17, 15) is 29.1 Å². The normalized spacial score (nSPS) is 17.5. The maximum absolute atomic E-state index is 14.7. The van der Waals surface area contributed by atoms with Crippen LogP contribution in [0.1, 0.15) is 83.6 Å². The molecule has 5 rings (SSSR count). The summed E-state index contributed by atoms with van der Waals surface area (Å²) in [5.41, 5.74) is 0.489. The second-order valence-electron chi connectivity index (χ2n) is 17.7. The molecule has 1 heterocycles. The molecule has 13 heteroatoms. The van der Waals surface area contributed by atoms with Gasteiger partial charge in [0.1, 0.15) is 23.7 Å². The fourth-order valence-electron chi connectivity index (χ4n) is 7.79. The summed E-state index contributed by atoms with van der Waals surface area (Å²) in [6.45, 7) is 13.1. The number of nitrogens with one attached hydrogen (secondary N) is 5. The van der Waals surface area contributed by atoms with Crippen LogP contribution in [0.5, 0.6) is 0 Å². The molecule has 6 N–H and O–H groups in total. The molecule has 1 saturated heterocycles. The second-order valence-corrected chi connectivity index (χ2v) is 17.7. The molecule has 4 aromatic rings. The smallest absolute Gasteiger partial charge is 0.326 e. The van der Waals surface area contributed by atoms with Gasteiger partial charge in [0, 0.05) is 13.0 Å². The highest BCUT2D eigenvalue weighted by Gasteiger charge is 2.41. The average molecular weight is 848 g/mol. The number of hydrogen-bond donors (Lipinski definition) is 6. The Balaban J connectivity index is 1.49. The first-order chi connectivity index (χ1) is 29.3. The lowest BCUT2D eigenvalue weighted by Crippen LogP contribution is -2.61. The number of carbonyl (C=O) groups excluding carboxylic acids is 4. The first-order valence-electron chi connectivity index (χ1n) is 21.1. The average Bonchev–Trinajstić information content (AvgIpc) is 3.69. The van der Waals surface area contributed by atoms with E-state index in [4.69, 9.17) is 9.47 Å². The number of hydrogen-bond acceptors (Lipinski definition) is 8. The minimum atomic E-state index is -1.50. The number of ether oxygens (including phenoxy) is 2. The summed E-state index contributed by atoms with van der Waals surface area (Å²) in [4.78, 5) is 69.9. The van der Waals surface area contributed by atoms with Crippen molar-refractivity contribution in [3.05, 3.63) is 144 Å². The molecule has 1 fully saturated rings. The maximum atomic E-state index is 14.7. The fraction of sp³-hybridized carbons (Fsp3) is 0.408. The van der Waals surface area contributed by atoms with E-state index in [1.807, 2.05) is 112 Å². The molecule has 0 bridgehead atoms. The van der Waals surface area contributed by atoms with Crippen molar-refractivity contribution >= 4 is 29.6 Å². The van der Waals surface area contributed by atoms with Crippen LogP contribution in [-0.2, 0) is 45.4 Å².